The fourth-order valence-corrected chi connectivity index (χ4v) is 3.45. The summed E-state index contributed by atoms with van der Waals surface area (Å²) in [5, 5.41) is 0. The third kappa shape index (κ3) is 4.66. The van der Waals surface area contributed by atoms with E-state index in [4.69, 9.17) is 16.3 Å². The van der Waals surface area contributed by atoms with Gasteiger partial charge in [0.15, 0.2) is 0 Å². The van der Waals surface area contributed by atoms with Crippen molar-refractivity contribution < 1.29 is 13.2 Å². The van der Waals surface area contributed by atoms with Gasteiger partial charge in [0.05, 0.1) is 23.0 Å². The Morgan fingerprint density at radius 3 is 2.72 bits per heavy atom. The smallest absolute Gasteiger partial charge is 0.233 e. The molecule has 1 rings (SSSR count). The predicted octanol–water partition coefficient (Wildman–Crippen LogP) is 3.07. The van der Waals surface area contributed by atoms with E-state index in [-0.39, 0.29) is 11.7 Å². The van der Waals surface area contributed by atoms with Gasteiger partial charge in [-0.15, -0.1) is 11.6 Å². The maximum absolute atomic E-state index is 11.8. The number of sulfonamides is 1. The van der Waals surface area contributed by atoms with Crippen LogP contribution in [0.25, 0.3) is 0 Å². The number of hydrogen-bond acceptors (Lipinski definition) is 3. The second-order valence-corrected chi connectivity index (χ2v) is 6.92. The van der Waals surface area contributed by atoms with Gasteiger partial charge >= 0.3 is 0 Å². The van der Waals surface area contributed by atoms with E-state index in [0.717, 1.165) is 4.47 Å². The Morgan fingerprint density at radius 2 is 2.17 bits per heavy atom. The van der Waals surface area contributed by atoms with Crippen LogP contribution in [0.1, 0.15) is 6.92 Å². The fraction of sp³-hybridized carbons (Fsp3) is 0.455. The summed E-state index contributed by atoms with van der Waals surface area (Å²) in [6.07, 6.45) is 0. The summed E-state index contributed by atoms with van der Waals surface area (Å²) in [7, 11) is -1.87. The van der Waals surface area contributed by atoms with Crippen molar-refractivity contribution in [2.24, 2.45) is 5.92 Å². The van der Waals surface area contributed by atoms with Crippen LogP contribution in [0.5, 0.6) is 5.75 Å². The lowest BCUT2D eigenvalue weighted by Gasteiger charge is -2.12. The van der Waals surface area contributed by atoms with E-state index in [9.17, 15) is 8.42 Å². The molecule has 0 spiro atoms. The van der Waals surface area contributed by atoms with Crippen LogP contribution in [0.4, 0.5) is 5.69 Å². The van der Waals surface area contributed by atoms with Crippen molar-refractivity contribution in [3.05, 3.63) is 22.7 Å². The van der Waals surface area contributed by atoms with Crippen LogP contribution in [0.15, 0.2) is 22.7 Å². The maximum atomic E-state index is 11.8. The Labute approximate surface area is 121 Å². The molecule has 102 valence electrons. The van der Waals surface area contributed by atoms with Crippen molar-refractivity contribution in [1.29, 1.82) is 0 Å². The number of halogens is 2. The van der Waals surface area contributed by atoms with Crippen molar-refractivity contribution in [2.75, 3.05) is 23.5 Å². The van der Waals surface area contributed by atoms with Crippen molar-refractivity contribution >= 4 is 43.2 Å². The van der Waals surface area contributed by atoms with Crippen LogP contribution in [0.3, 0.4) is 0 Å². The molecule has 4 nitrogen and oxygen atoms in total. The van der Waals surface area contributed by atoms with Gasteiger partial charge in [0.2, 0.25) is 10.0 Å². The molecule has 1 unspecified atom stereocenters. The molecule has 1 aromatic carbocycles. The average Bonchev–Trinajstić information content (AvgIpc) is 2.30. The van der Waals surface area contributed by atoms with Gasteiger partial charge in [-0.25, -0.2) is 8.42 Å². The normalized spacial score (nSPS) is 13.1. The molecule has 0 saturated heterocycles. The molecule has 1 N–H and O–H groups in total. The van der Waals surface area contributed by atoms with Gasteiger partial charge in [-0.3, -0.25) is 4.72 Å². The molecule has 1 aromatic rings. The average molecular weight is 357 g/mol. The van der Waals surface area contributed by atoms with Gasteiger partial charge < -0.3 is 4.74 Å². The maximum Gasteiger partial charge on any atom is 0.233 e. The summed E-state index contributed by atoms with van der Waals surface area (Å²) in [5.74, 6) is 0.779. The number of alkyl halides is 1. The van der Waals surface area contributed by atoms with Crippen molar-refractivity contribution in [3.63, 3.8) is 0 Å². The van der Waals surface area contributed by atoms with E-state index in [0.29, 0.717) is 17.3 Å². The fourth-order valence-electron chi connectivity index (χ4n) is 1.36. The lowest BCUT2D eigenvalue weighted by Crippen LogP contribution is -2.22. The molecule has 0 aliphatic carbocycles. The molecule has 0 aliphatic rings. The monoisotopic (exact) mass is 355 g/mol. The van der Waals surface area contributed by atoms with Crippen molar-refractivity contribution in [1.82, 2.24) is 0 Å². The minimum Gasteiger partial charge on any atom is -0.495 e. The Balaban J connectivity index is 2.84. The molecule has 1 atom stereocenters. The highest BCUT2D eigenvalue weighted by molar-refractivity contribution is 9.10. The van der Waals surface area contributed by atoms with E-state index < -0.39 is 10.0 Å². The molecule has 0 aliphatic heterocycles. The summed E-state index contributed by atoms with van der Waals surface area (Å²) >= 11 is 8.91. The number of hydrogen-bond donors (Lipinski definition) is 1. The third-order valence-electron chi connectivity index (χ3n) is 2.19. The van der Waals surface area contributed by atoms with E-state index in [1.807, 2.05) is 0 Å². The van der Waals surface area contributed by atoms with Gasteiger partial charge in [0, 0.05) is 11.9 Å². The summed E-state index contributed by atoms with van der Waals surface area (Å²) in [5.41, 5.74) is 0.469. The Hall–Kier alpha value is -0.460. The number of anilines is 1. The predicted molar refractivity (Wildman–Crippen MR) is 78.0 cm³/mol. The minimum atomic E-state index is -3.39. The zero-order valence-corrected chi connectivity index (χ0v) is 13.3. The van der Waals surface area contributed by atoms with Gasteiger partial charge in [-0.2, -0.15) is 0 Å². The van der Waals surface area contributed by atoms with E-state index in [1.54, 1.807) is 25.1 Å². The molecular formula is C11H15BrClNO3S. The number of rotatable bonds is 6. The number of ether oxygens (including phenoxy) is 1. The largest absolute Gasteiger partial charge is 0.495 e. The highest BCUT2D eigenvalue weighted by Gasteiger charge is 2.15. The molecule has 0 amide bonds. The number of nitrogens with one attached hydrogen (secondary N) is 1. The van der Waals surface area contributed by atoms with E-state index in [1.165, 1.54) is 7.11 Å². The second kappa shape index (κ2) is 6.63. The molecule has 0 aromatic heterocycles. The Kier molecular flexibility index (Phi) is 5.75. The van der Waals surface area contributed by atoms with Crippen molar-refractivity contribution in [3.8, 4) is 5.75 Å². The van der Waals surface area contributed by atoms with Crippen LogP contribution in [-0.4, -0.2) is 27.2 Å². The van der Waals surface area contributed by atoms with Gasteiger partial charge in [0.1, 0.15) is 5.75 Å². The Morgan fingerprint density at radius 1 is 1.50 bits per heavy atom. The standard InChI is InChI=1S/C11H15BrClNO3S/c1-8(6-13)7-18(15,16)14-9-3-4-10(12)11(5-9)17-2/h3-5,8,14H,6-7H2,1-2H3. The van der Waals surface area contributed by atoms with Crippen LogP contribution >= 0.6 is 27.5 Å². The molecule has 0 heterocycles. The summed E-state index contributed by atoms with van der Waals surface area (Å²) in [4.78, 5) is 0. The second-order valence-electron chi connectivity index (χ2n) is 3.99. The first-order valence-electron chi connectivity index (χ1n) is 5.28. The first-order valence-corrected chi connectivity index (χ1v) is 8.26. The molecular weight excluding hydrogens is 342 g/mol. The van der Waals surface area contributed by atoms with Crippen molar-refractivity contribution in [2.45, 2.75) is 6.92 Å². The minimum absolute atomic E-state index is 0.00508. The van der Waals surface area contributed by atoms with Gasteiger partial charge in [0.25, 0.3) is 0 Å². The highest BCUT2D eigenvalue weighted by atomic mass is 79.9. The summed E-state index contributed by atoms with van der Waals surface area (Å²) < 4.78 is 32.0. The van der Waals surface area contributed by atoms with E-state index >= 15 is 0 Å². The molecule has 7 heteroatoms. The van der Waals surface area contributed by atoms with Crippen LogP contribution in [-0.2, 0) is 10.0 Å². The topological polar surface area (TPSA) is 55.4 Å². The molecule has 18 heavy (non-hydrogen) atoms. The van der Waals surface area contributed by atoms with Gasteiger partial charge in [-0.1, -0.05) is 6.92 Å². The van der Waals surface area contributed by atoms with Crippen LogP contribution < -0.4 is 9.46 Å². The highest BCUT2D eigenvalue weighted by Crippen LogP contribution is 2.28. The quantitative estimate of drug-likeness (QED) is 0.797. The van der Waals surface area contributed by atoms with E-state index in [2.05, 4.69) is 20.7 Å². The first-order chi connectivity index (χ1) is 8.38. The molecule has 0 radical (unpaired) electrons. The summed E-state index contributed by atoms with van der Waals surface area (Å²) in [6.45, 7) is 1.79. The zero-order chi connectivity index (χ0) is 13.8. The summed E-state index contributed by atoms with van der Waals surface area (Å²) in [6, 6.07) is 5.00. The third-order valence-corrected chi connectivity index (χ3v) is 4.93. The van der Waals surface area contributed by atoms with Crippen LogP contribution in [0, 0.1) is 5.92 Å². The lowest BCUT2D eigenvalue weighted by molar-refractivity contribution is 0.412. The molecule has 0 fully saturated rings. The number of methoxy groups -OCH3 is 1. The SMILES string of the molecule is COc1cc(NS(=O)(=O)CC(C)CCl)ccc1Br. The Bertz CT molecular complexity index is 507. The first kappa shape index (κ1) is 15.6. The molecule has 0 saturated carbocycles. The lowest BCUT2D eigenvalue weighted by atomic mass is 10.3. The van der Waals surface area contributed by atoms with Gasteiger partial charge in [-0.05, 0) is 34.0 Å². The van der Waals surface area contributed by atoms with Crippen LogP contribution in [0.2, 0.25) is 0 Å². The zero-order valence-electron chi connectivity index (χ0n) is 10.1. The number of benzene rings is 1. The molecule has 0 bridgehead atoms.